The first kappa shape index (κ1) is 20.0. The fraction of sp³-hybridized carbons (Fsp3) is 0.174. The molecule has 3 rings (SSSR count). The molecule has 0 saturated heterocycles. The van der Waals surface area contributed by atoms with Gasteiger partial charge in [0.15, 0.2) is 14.7 Å². The van der Waals surface area contributed by atoms with Crippen molar-refractivity contribution in [3.8, 4) is 5.75 Å². The summed E-state index contributed by atoms with van der Waals surface area (Å²) in [5.74, 6) is 0.459. The van der Waals surface area contributed by atoms with Crippen molar-refractivity contribution < 1.29 is 9.53 Å². The highest BCUT2D eigenvalue weighted by Crippen LogP contribution is 2.31. The number of ether oxygens (including phenoxy) is 1. The molecule has 0 fully saturated rings. The van der Waals surface area contributed by atoms with Gasteiger partial charge in [-0.1, -0.05) is 59.0 Å². The first-order valence-corrected chi connectivity index (χ1v) is 11.7. The molecule has 138 valence electrons. The van der Waals surface area contributed by atoms with Crippen molar-refractivity contribution in [2.45, 2.75) is 33.9 Å². The Hall–Kier alpha value is -1.79. The first-order chi connectivity index (χ1) is 13.3. The number of carbonyl (C=O) groups excluding carboxylic acids is 1. The largest absolute Gasteiger partial charge is 0.427 e. The van der Waals surface area contributed by atoms with E-state index in [4.69, 9.17) is 4.74 Å². The van der Waals surface area contributed by atoms with Crippen LogP contribution >= 0.6 is 22.6 Å². The molecule has 0 amide bonds. The van der Waals surface area contributed by atoms with Crippen LogP contribution in [0, 0.1) is 0 Å². The molecule has 0 aliphatic carbocycles. The van der Waals surface area contributed by atoms with Gasteiger partial charge in [0.1, 0.15) is 5.75 Å². The van der Waals surface area contributed by atoms with Crippen molar-refractivity contribution in [2.24, 2.45) is 0 Å². The van der Waals surface area contributed by atoms with Gasteiger partial charge < -0.3 is 4.74 Å². The number of hydrogen-bond donors (Lipinski definition) is 0. The number of alkyl halides is 1. The zero-order valence-corrected chi connectivity index (χ0v) is 18.0. The van der Waals surface area contributed by atoms with Crippen molar-refractivity contribution in [2.75, 3.05) is 4.43 Å². The highest BCUT2D eigenvalue weighted by atomic mass is 127. The number of unbranched alkanes of at least 4 members (excludes halogenated alkanes) is 1. The monoisotopic (exact) mass is 489 g/mol. The Kier molecular flexibility index (Phi) is 7.78. The number of rotatable bonds is 8. The minimum absolute atomic E-state index is 0.155. The van der Waals surface area contributed by atoms with Crippen LogP contribution in [0.25, 0.3) is 0 Å². The van der Waals surface area contributed by atoms with Gasteiger partial charge in [-0.05, 0) is 65.8 Å². The van der Waals surface area contributed by atoms with Crippen molar-refractivity contribution in [3.05, 3.63) is 84.9 Å². The number of benzene rings is 3. The summed E-state index contributed by atoms with van der Waals surface area (Å²) >= 11 is 2.33. The Labute approximate surface area is 177 Å². The van der Waals surface area contributed by atoms with Gasteiger partial charge >= 0.3 is 5.97 Å². The van der Waals surface area contributed by atoms with Gasteiger partial charge in [0.2, 0.25) is 0 Å². The number of carbonyl (C=O) groups is 1. The molecule has 0 radical (unpaired) electrons. The van der Waals surface area contributed by atoms with E-state index in [1.165, 1.54) is 14.7 Å². The van der Waals surface area contributed by atoms with Gasteiger partial charge in [-0.3, -0.25) is 4.79 Å². The predicted molar refractivity (Wildman–Crippen MR) is 120 cm³/mol. The predicted octanol–water partition coefficient (Wildman–Crippen LogP) is 6.29. The summed E-state index contributed by atoms with van der Waals surface area (Å²) in [6, 6.07) is 29.0. The highest BCUT2D eigenvalue weighted by molar-refractivity contribution is 14.1. The molecule has 2 nitrogen and oxygen atoms in total. The molecule has 27 heavy (non-hydrogen) atoms. The lowest BCUT2D eigenvalue weighted by molar-refractivity contribution is -0.134. The Balaban J connectivity index is 1.79. The van der Waals surface area contributed by atoms with E-state index in [-0.39, 0.29) is 16.9 Å². The highest BCUT2D eigenvalue weighted by Gasteiger charge is 2.28. The lowest BCUT2D eigenvalue weighted by Gasteiger charge is -2.09. The molecule has 0 aliphatic heterocycles. The van der Waals surface area contributed by atoms with Gasteiger partial charge in [-0.2, -0.15) is 0 Å². The molecule has 3 aromatic rings. The fourth-order valence-corrected chi connectivity index (χ4v) is 5.33. The van der Waals surface area contributed by atoms with E-state index in [2.05, 4.69) is 83.3 Å². The maximum absolute atomic E-state index is 11.9. The summed E-state index contributed by atoms with van der Waals surface area (Å²) in [5.41, 5.74) is 0. The van der Waals surface area contributed by atoms with Crippen LogP contribution in [0.5, 0.6) is 5.75 Å². The lowest BCUT2D eigenvalue weighted by atomic mass is 10.2. The number of halogens is 1. The summed E-state index contributed by atoms with van der Waals surface area (Å²) in [4.78, 5) is 15.7. The molecule has 0 N–H and O–H groups in total. The molecule has 0 spiro atoms. The smallest absolute Gasteiger partial charge is 0.311 e. The third-order valence-electron chi connectivity index (χ3n) is 4.01. The van der Waals surface area contributed by atoms with E-state index in [0.717, 1.165) is 17.3 Å². The SMILES string of the molecule is O=C(CCCCI)Oc1ccc([S+](c2ccccc2)c2ccccc2)cc1. The van der Waals surface area contributed by atoms with Crippen LogP contribution in [0.3, 0.4) is 0 Å². The van der Waals surface area contributed by atoms with Crippen LogP contribution in [0.4, 0.5) is 0 Å². The van der Waals surface area contributed by atoms with E-state index in [0.29, 0.717) is 12.2 Å². The average molecular weight is 489 g/mol. The summed E-state index contributed by atoms with van der Waals surface area (Å²) in [6.07, 6.45) is 2.40. The van der Waals surface area contributed by atoms with E-state index in [1.54, 1.807) is 0 Å². The third kappa shape index (κ3) is 5.84. The Morgan fingerprint density at radius 1 is 0.741 bits per heavy atom. The standard InChI is InChI=1S/C23H22IO2S/c24-18-8-7-13-23(25)26-19-14-16-22(17-15-19)27(20-9-3-1-4-10-20)21-11-5-2-6-12-21/h1-6,9-12,14-17H,7-8,13,18H2/q+1. The van der Waals surface area contributed by atoms with Crippen LogP contribution in [-0.2, 0) is 15.7 Å². The minimum Gasteiger partial charge on any atom is -0.427 e. The molecule has 0 aromatic heterocycles. The van der Waals surface area contributed by atoms with Gasteiger partial charge in [0, 0.05) is 6.42 Å². The van der Waals surface area contributed by atoms with Gasteiger partial charge in [0.25, 0.3) is 0 Å². The first-order valence-electron chi connectivity index (χ1n) is 8.99. The van der Waals surface area contributed by atoms with E-state index in [1.807, 2.05) is 24.3 Å². The second-order valence-electron chi connectivity index (χ2n) is 6.02. The molecule has 0 saturated carbocycles. The molecule has 0 bridgehead atoms. The Bertz CT molecular complexity index is 796. The van der Waals surface area contributed by atoms with Crippen molar-refractivity contribution in [3.63, 3.8) is 0 Å². The maximum Gasteiger partial charge on any atom is 0.311 e. The van der Waals surface area contributed by atoms with Crippen LogP contribution in [0.15, 0.2) is 99.6 Å². The topological polar surface area (TPSA) is 26.3 Å². The summed E-state index contributed by atoms with van der Waals surface area (Å²) in [7, 11) is -0.183. The fourth-order valence-electron chi connectivity index (χ4n) is 2.71. The van der Waals surface area contributed by atoms with Crippen LogP contribution < -0.4 is 4.74 Å². The van der Waals surface area contributed by atoms with Crippen LogP contribution in [0.2, 0.25) is 0 Å². The van der Waals surface area contributed by atoms with E-state index >= 15 is 0 Å². The molecule has 3 aromatic carbocycles. The summed E-state index contributed by atoms with van der Waals surface area (Å²) in [6.45, 7) is 0. The third-order valence-corrected chi connectivity index (χ3v) is 7.01. The minimum atomic E-state index is -0.183. The number of esters is 1. The molecular formula is C23H22IO2S+. The molecule has 0 heterocycles. The second-order valence-corrected chi connectivity index (χ2v) is 9.13. The van der Waals surface area contributed by atoms with Crippen molar-refractivity contribution in [1.82, 2.24) is 0 Å². The maximum atomic E-state index is 11.9. The second kappa shape index (κ2) is 10.5. The van der Waals surface area contributed by atoms with Crippen LogP contribution in [-0.4, -0.2) is 10.4 Å². The van der Waals surface area contributed by atoms with Gasteiger partial charge in [-0.15, -0.1) is 0 Å². The summed E-state index contributed by atoms with van der Waals surface area (Å²) < 4.78 is 6.54. The average Bonchev–Trinajstić information content (AvgIpc) is 2.71. The normalized spacial score (nSPS) is 10.7. The van der Waals surface area contributed by atoms with Crippen LogP contribution in [0.1, 0.15) is 19.3 Å². The zero-order chi connectivity index (χ0) is 18.9. The Morgan fingerprint density at radius 2 is 1.26 bits per heavy atom. The molecule has 4 heteroatoms. The van der Waals surface area contributed by atoms with E-state index in [9.17, 15) is 4.79 Å². The quantitative estimate of drug-likeness (QED) is 0.0928. The van der Waals surface area contributed by atoms with Crippen molar-refractivity contribution in [1.29, 1.82) is 0 Å². The lowest BCUT2D eigenvalue weighted by Crippen LogP contribution is -2.08. The zero-order valence-electron chi connectivity index (χ0n) is 15.0. The molecule has 0 aliphatic rings. The van der Waals surface area contributed by atoms with Gasteiger partial charge in [-0.25, -0.2) is 0 Å². The van der Waals surface area contributed by atoms with Crippen molar-refractivity contribution >= 4 is 39.5 Å². The summed E-state index contributed by atoms with van der Waals surface area (Å²) in [5, 5.41) is 0. The Morgan fingerprint density at radius 3 is 1.78 bits per heavy atom. The molecular weight excluding hydrogens is 467 g/mol. The number of hydrogen-bond acceptors (Lipinski definition) is 2. The van der Waals surface area contributed by atoms with Gasteiger partial charge in [0.05, 0.1) is 10.9 Å². The molecule has 0 atom stereocenters. The molecule has 0 unspecified atom stereocenters. The van der Waals surface area contributed by atoms with E-state index < -0.39 is 0 Å².